The van der Waals surface area contributed by atoms with Crippen molar-refractivity contribution in [3.63, 3.8) is 0 Å². The van der Waals surface area contributed by atoms with Gasteiger partial charge in [-0.3, -0.25) is 4.79 Å². The third kappa shape index (κ3) is 3.49. The molecule has 3 nitrogen and oxygen atoms in total. The number of amides is 1. The van der Waals surface area contributed by atoms with Gasteiger partial charge in [-0.15, -0.1) is 0 Å². The summed E-state index contributed by atoms with van der Waals surface area (Å²) in [5, 5.41) is 2.89. The molecule has 1 N–H and O–H groups in total. The molecular weight excluding hydrogens is 226 g/mol. The van der Waals surface area contributed by atoms with Crippen LogP contribution < -0.4 is 10.1 Å². The number of carbonyl (C=O) groups is 1. The minimum atomic E-state index is -0.0492. The van der Waals surface area contributed by atoms with Gasteiger partial charge in [0.05, 0.1) is 7.11 Å². The Bertz CT molecular complexity index is 419. The molecule has 1 amide bonds. The first-order chi connectivity index (χ1) is 8.40. The van der Waals surface area contributed by atoms with Gasteiger partial charge < -0.3 is 10.1 Å². The maximum absolute atomic E-state index is 11.9. The van der Waals surface area contributed by atoms with E-state index in [4.69, 9.17) is 4.74 Å². The highest BCUT2D eigenvalue weighted by Crippen LogP contribution is 2.31. The molecule has 1 aromatic rings. The zero-order valence-electron chi connectivity index (χ0n) is 12.0. The number of ether oxygens (including phenoxy) is 1. The molecule has 0 saturated heterocycles. The molecule has 0 aliphatic carbocycles. The van der Waals surface area contributed by atoms with Crippen LogP contribution >= 0.6 is 0 Å². The fourth-order valence-corrected chi connectivity index (χ4v) is 1.78. The molecule has 0 unspecified atom stereocenters. The molecule has 0 saturated carbocycles. The zero-order valence-corrected chi connectivity index (χ0v) is 12.0. The summed E-state index contributed by atoms with van der Waals surface area (Å²) in [4.78, 5) is 11.9. The molecular formula is C15H23NO2. The van der Waals surface area contributed by atoms with Gasteiger partial charge in [0.1, 0.15) is 5.75 Å². The van der Waals surface area contributed by atoms with E-state index in [1.165, 1.54) is 0 Å². The molecule has 18 heavy (non-hydrogen) atoms. The van der Waals surface area contributed by atoms with Crippen LogP contribution in [0.2, 0.25) is 0 Å². The van der Waals surface area contributed by atoms with Gasteiger partial charge in [0.15, 0.2) is 0 Å². The average Bonchev–Trinajstić information content (AvgIpc) is 2.34. The molecule has 0 aliphatic heterocycles. The smallest absolute Gasteiger partial charge is 0.251 e. The molecule has 3 heteroatoms. The number of hydrogen-bond donors (Lipinski definition) is 1. The fraction of sp³-hybridized carbons (Fsp3) is 0.533. The van der Waals surface area contributed by atoms with E-state index in [-0.39, 0.29) is 11.3 Å². The Hall–Kier alpha value is -1.51. The first-order valence-corrected chi connectivity index (χ1v) is 6.37. The lowest BCUT2D eigenvalue weighted by molar-refractivity contribution is 0.0953. The van der Waals surface area contributed by atoms with Crippen molar-refractivity contribution in [1.82, 2.24) is 5.32 Å². The minimum Gasteiger partial charge on any atom is -0.496 e. The van der Waals surface area contributed by atoms with E-state index in [9.17, 15) is 4.79 Å². The van der Waals surface area contributed by atoms with Gasteiger partial charge in [0, 0.05) is 17.7 Å². The van der Waals surface area contributed by atoms with Crippen molar-refractivity contribution in [2.45, 2.75) is 39.5 Å². The van der Waals surface area contributed by atoms with Crippen LogP contribution in [-0.2, 0) is 5.41 Å². The van der Waals surface area contributed by atoms with Crippen LogP contribution in [0, 0.1) is 0 Å². The largest absolute Gasteiger partial charge is 0.496 e. The average molecular weight is 249 g/mol. The van der Waals surface area contributed by atoms with E-state index in [0.717, 1.165) is 17.7 Å². The van der Waals surface area contributed by atoms with E-state index in [1.54, 1.807) is 13.2 Å². The third-order valence-corrected chi connectivity index (χ3v) is 2.81. The predicted molar refractivity (Wildman–Crippen MR) is 74.3 cm³/mol. The van der Waals surface area contributed by atoms with Gasteiger partial charge in [-0.1, -0.05) is 27.7 Å². The summed E-state index contributed by atoms with van der Waals surface area (Å²) < 4.78 is 5.36. The molecule has 1 rings (SSSR count). The lowest BCUT2D eigenvalue weighted by Gasteiger charge is -2.22. The fourth-order valence-electron chi connectivity index (χ4n) is 1.78. The van der Waals surface area contributed by atoms with Crippen molar-refractivity contribution < 1.29 is 9.53 Å². The van der Waals surface area contributed by atoms with Gasteiger partial charge in [-0.25, -0.2) is 0 Å². The van der Waals surface area contributed by atoms with E-state index < -0.39 is 0 Å². The number of nitrogens with one attached hydrogen (secondary N) is 1. The van der Waals surface area contributed by atoms with Gasteiger partial charge >= 0.3 is 0 Å². The van der Waals surface area contributed by atoms with E-state index in [1.807, 2.05) is 19.1 Å². The second kappa shape index (κ2) is 5.89. The van der Waals surface area contributed by atoms with Crippen molar-refractivity contribution in [3.8, 4) is 5.75 Å². The molecule has 0 aliphatic rings. The molecule has 100 valence electrons. The van der Waals surface area contributed by atoms with E-state index in [2.05, 4.69) is 26.1 Å². The quantitative estimate of drug-likeness (QED) is 0.890. The van der Waals surface area contributed by atoms with Gasteiger partial charge in [-0.05, 0) is 30.0 Å². The normalized spacial score (nSPS) is 11.2. The molecule has 0 aromatic heterocycles. The van der Waals surface area contributed by atoms with Gasteiger partial charge in [0.25, 0.3) is 5.91 Å². The number of hydrogen-bond acceptors (Lipinski definition) is 2. The topological polar surface area (TPSA) is 38.3 Å². The maximum Gasteiger partial charge on any atom is 0.251 e. The highest BCUT2D eigenvalue weighted by Gasteiger charge is 2.20. The Labute approximate surface area is 110 Å². The SMILES string of the molecule is CCCNC(=O)c1ccc(OC)c(C(C)(C)C)c1. The molecule has 0 fully saturated rings. The molecule has 0 radical (unpaired) electrons. The summed E-state index contributed by atoms with van der Waals surface area (Å²) in [5.74, 6) is 0.805. The van der Waals surface area contributed by atoms with Crippen LogP contribution in [-0.4, -0.2) is 19.6 Å². The molecule has 0 spiro atoms. The van der Waals surface area contributed by atoms with Crippen LogP contribution in [0.15, 0.2) is 18.2 Å². The van der Waals surface area contributed by atoms with Crippen molar-refractivity contribution in [3.05, 3.63) is 29.3 Å². The summed E-state index contributed by atoms with van der Waals surface area (Å²) in [6.07, 6.45) is 0.939. The first kappa shape index (κ1) is 14.6. The summed E-state index contributed by atoms with van der Waals surface area (Å²) in [6, 6.07) is 5.59. The Morgan fingerprint density at radius 3 is 2.50 bits per heavy atom. The Morgan fingerprint density at radius 2 is 2.00 bits per heavy atom. The standard InChI is InChI=1S/C15H23NO2/c1-6-9-16-14(17)11-7-8-13(18-5)12(10-11)15(2,3)4/h7-8,10H,6,9H2,1-5H3,(H,16,17). The molecule has 1 aromatic carbocycles. The van der Waals surface area contributed by atoms with Gasteiger partial charge in [-0.2, -0.15) is 0 Å². The maximum atomic E-state index is 11.9. The van der Waals surface area contributed by atoms with Crippen molar-refractivity contribution in [2.75, 3.05) is 13.7 Å². The number of benzene rings is 1. The van der Waals surface area contributed by atoms with E-state index >= 15 is 0 Å². The van der Waals surface area contributed by atoms with Crippen LogP contribution in [0.4, 0.5) is 0 Å². The highest BCUT2D eigenvalue weighted by atomic mass is 16.5. The summed E-state index contributed by atoms with van der Waals surface area (Å²) in [6.45, 7) is 9.07. The third-order valence-electron chi connectivity index (χ3n) is 2.81. The Kier molecular flexibility index (Phi) is 4.76. The van der Waals surface area contributed by atoms with Gasteiger partial charge in [0.2, 0.25) is 0 Å². The second-order valence-corrected chi connectivity index (χ2v) is 5.42. The second-order valence-electron chi connectivity index (χ2n) is 5.42. The molecule has 0 atom stereocenters. The highest BCUT2D eigenvalue weighted by molar-refractivity contribution is 5.94. The lowest BCUT2D eigenvalue weighted by atomic mass is 9.85. The van der Waals surface area contributed by atoms with Crippen molar-refractivity contribution in [2.24, 2.45) is 0 Å². The summed E-state index contributed by atoms with van der Waals surface area (Å²) >= 11 is 0. The number of methoxy groups -OCH3 is 1. The van der Waals surface area contributed by atoms with Crippen molar-refractivity contribution >= 4 is 5.91 Å². The van der Waals surface area contributed by atoms with Crippen LogP contribution in [0.5, 0.6) is 5.75 Å². The zero-order chi connectivity index (χ0) is 13.8. The molecule has 0 heterocycles. The number of rotatable bonds is 4. The first-order valence-electron chi connectivity index (χ1n) is 6.37. The predicted octanol–water partition coefficient (Wildman–Crippen LogP) is 3.13. The van der Waals surface area contributed by atoms with E-state index in [0.29, 0.717) is 12.1 Å². The summed E-state index contributed by atoms with van der Waals surface area (Å²) in [5.41, 5.74) is 1.69. The summed E-state index contributed by atoms with van der Waals surface area (Å²) in [7, 11) is 1.65. The Morgan fingerprint density at radius 1 is 1.33 bits per heavy atom. The monoisotopic (exact) mass is 249 g/mol. The van der Waals surface area contributed by atoms with Crippen LogP contribution in [0.1, 0.15) is 50.0 Å². The number of carbonyl (C=O) groups excluding carboxylic acids is 1. The lowest BCUT2D eigenvalue weighted by Crippen LogP contribution is -2.24. The Balaban J connectivity index is 3.07. The van der Waals surface area contributed by atoms with Crippen LogP contribution in [0.25, 0.3) is 0 Å². The van der Waals surface area contributed by atoms with Crippen LogP contribution in [0.3, 0.4) is 0 Å². The molecule has 0 bridgehead atoms. The minimum absolute atomic E-state index is 0.0231. The van der Waals surface area contributed by atoms with Crippen molar-refractivity contribution in [1.29, 1.82) is 0 Å².